The quantitative estimate of drug-likeness (QED) is 0.837. The van der Waals surface area contributed by atoms with Crippen molar-refractivity contribution in [2.24, 2.45) is 11.8 Å². The summed E-state index contributed by atoms with van der Waals surface area (Å²) in [5.41, 5.74) is 0.908. The van der Waals surface area contributed by atoms with Crippen LogP contribution in [-0.4, -0.2) is 30.7 Å². The molecule has 0 amide bonds. The Kier molecular flexibility index (Phi) is 5.79. The molecular formula is C16H27N3O2. The first-order valence-electron chi connectivity index (χ1n) is 7.89. The fourth-order valence-electron chi connectivity index (χ4n) is 3.25. The summed E-state index contributed by atoms with van der Waals surface area (Å²) in [6.07, 6.45) is 6.60. The van der Waals surface area contributed by atoms with Crippen LogP contribution < -0.4 is 14.8 Å². The second kappa shape index (κ2) is 7.59. The van der Waals surface area contributed by atoms with Crippen LogP contribution in [0.5, 0.6) is 11.8 Å². The third-order valence-electron chi connectivity index (χ3n) is 4.41. The summed E-state index contributed by atoms with van der Waals surface area (Å²) < 4.78 is 10.6. The van der Waals surface area contributed by atoms with Gasteiger partial charge in [-0.25, -0.2) is 4.98 Å². The van der Waals surface area contributed by atoms with Crippen LogP contribution in [0.15, 0.2) is 6.20 Å². The first-order valence-corrected chi connectivity index (χ1v) is 7.89. The van der Waals surface area contributed by atoms with Gasteiger partial charge < -0.3 is 14.8 Å². The average Bonchev–Trinajstić information content (AvgIpc) is 2.94. The van der Waals surface area contributed by atoms with Gasteiger partial charge in [0, 0.05) is 0 Å². The molecule has 1 aliphatic carbocycles. The lowest BCUT2D eigenvalue weighted by molar-refractivity contribution is 0.280. The summed E-state index contributed by atoms with van der Waals surface area (Å²) in [7, 11) is 3.23. The Labute approximate surface area is 127 Å². The summed E-state index contributed by atoms with van der Waals surface area (Å²) in [5.74, 6) is 2.35. The van der Waals surface area contributed by atoms with Crippen molar-refractivity contribution in [1.29, 1.82) is 0 Å². The third-order valence-corrected chi connectivity index (χ3v) is 4.41. The van der Waals surface area contributed by atoms with Crippen LogP contribution in [-0.2, 0) is 0 Å². The van der Waals surface area contributed by atoms with Gasteiger partial charge in [0.15, 0.2) is 0 Å². The minimum absolute atomic E-state index is 0.204. The molecule has 3 atom stereocenters. The van der Waals surface area contributed by atoms with Crippen molar-refractivity contribution < 1.29 is 9.47 Å². The van der Waals surface area contributed by atoms with E-state index in [9.17, 15) is 0 Å². The molecule has 1 saturated carbocycles. The average molecular weight is 293 g/mol. The van der Waals surface area contributed by atoms with Gasteiger partial charge in [0.25, 0.3) is 0 Å². The molecule has 0 aliphatic heterocycles. The number of rotatable bonds is 7. The number of nitrogens with one attached hydrogen (secondary N) is 1. The van der Waals surface area contributed by atoms with Crippen LogP contribution in [0.1, 0.15) is 51.3 Å². The lowest BCUT2D eigenvalue weighted by Crippen LogP contribution is -2.31. The Morgan fingerprint density at radius 2 is 2.14 bits per heavy atom. The number of hydrogen-bond donors (Lipinski definition) is 1. The van der Waals surface area contributed by atoms with Gasteiger partial charge in [0.2, 0.25) is 11.8 Å². The first kappa shape index (κ1) is 16.0. The zero-order valence-electron chi connectivity index (χ0n) is 13.6. The maximum atomic E-state index is 5.45. The summed E-state index contributed by atoms with van der Waals surface area (Å²) in [6.45, 7) is 5.49. The molecule has 5 heteroatoms. The molecule has 1 aliphatic rings. The van der Waals surface area contributed by atoms with Crippen LogP contribution in [0, 0.1) is 11.8 Å². The summed E-state index contributed by atoms with van der Waals surface area (Å²) in [5, 5.41) is 3.65. The van der Waals surface area contributed by atoms with Crippen molar-refractivity contribution in [2.45, 2.75) is 45.6 Å². The molecule has 0 radical (unpaired) electrons. The number of ether oxygens (including phenoxy) is 2. The second-order valence-corrected chi connectivity index (χ2v) is 5.81. The molecule has 5 nitrogen and oxygen atoms in total. The largest absolute Gasteiger partial charge is 0.480 e. The zero-order valence-corrected chi connectivity index (χ0v) is 13.6. The first-order chi connectivity index (χ1) is 10.2. The van der Waals surface area contributed by atoms with Crippen molar-refractivity contribution in [2.75, 3.05) is 20.8 Å². The number of methoxy groups -OCH3 is 2. The van der Waals surface area contributed by atoms with Gasteiger partial charge in [0.1, 0.15) is 5.69 Å². The van der Waals surface area contributed by atoms with Gasteiger partial charge in [-0.05, 0) is 31.2 Å². The fraction of sp³-hybridized carbons (Fsp3) is 0.750. The van der Waals surface area contributed by atoms with Crippen LogP contribution >= 0.6 is 0 Å². The Bertz CT molecular complexity index is 453. The Hall–Kier alpha value is -1.36. The van der Waals surface area contributed by atoms with E-state index in [1.165, 1.54) is 19.3 Å². The van der Waals surface area contributed by atoms with E-state index in [0.29, 0.717) is 23.6 Å². The molecular weight excluding hydrogens is 266 g/mol. The predicted octanol–water partition coefficient (Wildman–Crippen LogP) is 2.97. The highest BCUT2D eigenvalue weighted by atomic mass is 16.5. The van der Waals surface area contributed by atoms with Crippen LogP contribution in [0.25, 0.3) is 0 Å². The smallest absolute Gasteiger partial charge is 0.240 e. The topological polar surface area (TPSA) is 56.3 Å². The maximum Gasteiger partial charge on any atom is 0.240 e. The minimum Gasteiger partial charge on any atom is -0.480 e. The molecule has 1 heterocycles. The summed E-state index contributed by atoms with van der Waals surface area (Å²) >= 11 is 0. The van der Waals surface area contributed by atoms with Crippen molar-refractivity contribution in [1.82, 2.24) is 15.3 Å². The standard InChI is InChI=1S/C16H27N3O2/c1-5-9-17-14(12-8-6-7-11(12)2)15-16(21-4)19-13(20-3)10-18-15/h10-12,14,17H,5-9H2,1-4H3. The molecule has 21 heavy (non-hydrogen) atoms. The van der Waals surface area contributed by atoms with E-state index in [1.807, 2.05) is 0 Å². The highest BCUT2D eigenvalue weighted by Gasteiger charge is 2.34. The molecule has 3 unspecified atom stereocenters. The third kappa shape index (κ3) is 3.64. The van der Waals surface area contributed by atoms with Crippen LogP contribution in [0.2, 0.25) is 0 Å². The molecule has 118 valence electrons. The Balaban J connectivity index is 2.31. The number of hydrogen-bond acceptors (Lipinski definition) is 5. The summed E-state index contributed by atoms with van der Waals surface area (Å²) in [4.78, 5) is 8.97. The molecule has 1 aromatic heterocycles. The predicted molar refractivity (Wildman–Crippen MR) is 82.7 cm³/mol. The highest BCUT2D eigenvalue weighted by Crippen LogP contribution is 2.41. The lowest BCUT2D eigenvalue weighted by atomic mass is 9.88. The van der Waals surface area contributed by atoms with E-state index < -0.39 is 0 Å². The lowest BCUT2D eigenvalue weighted by Gasteiger charge is -2.28. The van der Waals surface area contributed by atoms with E-state index in [-0.39, 0.29) is 6.04 Å². The van der Waals surface area contributed by atoms with Crippen molar-refractivity contribution in [3.05, 3.63) is 11.9 Å². The van der Waals surface area contributed by atoms with E-state index in [0.717, 1.165) is 18.7 Å². The maximum absolute atomic E-state index is 5.45. The zero-order chi connectivity index (χ0) is 15.2. The normalized spacial score (nSPS) is 23.0. The minimum atomic E-state index is 0.204. The van der Waals surface area contributed by atoms with E-state index in [2.05, 4.69) is 29.1 Å². The van der Waals surface area contributed by atoms with Crippen molar-refractivity contribution in [3.8, 4) is 11.8 Å². The number of aromatic nitrogens is 2. The van der Waals surface area contributed by atoms with Gasteiger partial charge in [0.05, 0.1) is 26.5 Å². The van der Waals surface area contributed by atoms with E-state index in [1.54, 1.807) is 20.4 Å². The molecule has 1 N–H and O–H groups in total. The molecule has 1 aromatic rings. The highest BCUT2D eigenvalue weighted by molar-refractivity contribution is 5.26. The van der Waals surface area contributed by atoms with Crippen LogP contribution in [0.3, 0.4) is 0 Å². The van der Waals surface area contributed by atoms with Gasteiger partial charge >= 0.3 is 0 Å². The van der Waals surface area contributed by atoms with E-state index >= 15 is 0 Å². The monoisotopic (exact) mass is 293 g/mol. The SMILES string of the molecule is CCCNC(c1ncc(OC)nc1OC)C1CCCC1C. The van der Waals surface area contributed by atoms with Gasteiger partial charge in [-0.3, -0.25) is 0 Å². The van der Waals surface area contributed by atoms with E-state index in [4.69, 9.17) is 9.47 Å². The van der Waals surface area contributed by atoms with Gasteiger partial charge in [-0.15, -0.1) is 0 Å². The molecule has 0 saturated heterocycles. The molecule has 0 aromatic carbocycles. The van der Waals surface area contributed by atoms with Gasteiger partial charge in [-0.1, -0.05) is 26.7 Å². The second-order valence-electron chi connectivity index (χ2n) is 5.81. The van der Waals surface area contributed by atoms with Crippen LogP contribution in [0.4, 0.5) is 0 Å². The molecule has 0 bridgehead atoms. The molecule has 0 spiro atoms. The molecule has 2 rings (SSSR count). The summed E-state index contributed by atoms with van der Waals surface area (Å²) in [6, 6.07) is 0.204. The number of nitrogens with zero attached hydrogens (tertiary/aromatic N) is 2. The van der Waals surface area contributed by atoms with Crippen molar-refractivity contribution in [3.63, 3.8) is 0 Å². The fourth-order valence-corrected chi connectivity index (χ4v) is 3.25. The molecule has 1 fully saturated rings. The Morgan fingerprint density at radius 3 is 2.71 bits per heavy atom. The van der Waals surface area contributed by atoms with Gasteiger partial charge in [-0.2, -0.15) is 4.98 Å². The van der Waals surface area contributed by atoms with Crippen molar-refractivity contribution >= 4 is 0 Å². The Morgan fingerprint density at radius 1 is 1.33 bits per heavy atom.